The van der Waals surface area contributed by atoms with Gasteiger partial charge in [-0.3, -0.25) is 4.98 Å². The summed E-state index contributed by atoms with van der Waals surface area (Å²) in [6, 6.07) is 6.74. The molecule has 0 aliphatic heterocycles. The number of nitrogens with one attached hydrogen (secondary N) is 2. The van der Waals surface area contributed by atoms with Crippen LogP contribution in [0, 0.1) is 11.7 Å². The van der Waals surface area contributed by atoms with Crippen molar-refractivity contribution in [2.24, 2.45) is 5.92 Å². The molecule has 0 bridgehead atoms. The Balaban J connectivity index is 1.82. The molecular weight excluding hydrogens is 393 g/mol. The van der Waals surface area contributed by atoms with Crippen molar-refractivity contribution in [3.63, 3.8) is 0 Å². The van der Waals surface area contributed by atoms with Crippen LogP contribution in [0.15, 0.2) is 36.7 Å². The van der Waals surface area contributed by atoms with Gasteiger partial charge in [0.05, 0.1) is 17.3 Å². The van der Waals surface area contributed by atoms with Crippen molar-refractivity contribution in [3.8, 4) is 17.0 Å². The zero-order valence-corrected chi connectivity index (χ0v) is 18.8. The molecule has 3 aromatic rings. The number of aromatic nitrogens is 3. The first-order chi connectivity index (χ1) is 15.0. The van der Waals surface area contributed by atoms with Crippen molar-refractivity contribution in [1.82, 2.24) is 20.3 Å². The molecule has 1 aromatic carbocycles. The van der Waals surface area contributed by atoms with Crippen LogP contribution in [0.25, 0.3) is 22.3 Å². The summed E-state index contributed by atoms with van der Waals surface area (Å²) in [5.74, 6) is 0.901. The third-order valence-corrected chi connectivity index (χ3v) is 4.86. The lowest BCUT2D eigenvalue weighted by Crippen LogP contribution is -2.26. The van der Waals surface area contributed by atoms with E-state index in [1.165, 1.54) is 18.9 Å². The van der Waals surface area contributed by atoms with Gasteiger partial charge in [0.15, 0.2) is 17.4 Å². The lowest BCUT2D eigenvalue weighted by Gasteiger charge is -2.16. The summed E-state index contributed by atoms with van der Waals surface area (Å²) in [6.07, 6.45) is 5.58. The van der Waals surface area contributed by atoms with Crippen LogP contribution in [0.4, 0.5) is 10.2 Å². The molecule has 2 N–H and O–H groups in total. The predicted molar refractivity (Wildman–Crippen MR) is 124 cm³/mol. The predicted octanol–water partition coefficient (Wildman–Crippen LogP) is 5.06. The Morgan fingerprint density at radius 2 is 1.87 bits per heavy atom. The Morgan fingerprint density at radius 1 is 1.06 bits per heavy atom. The van der Waals surface area contributed by atoms with Gasteiger partial charge in [-0.05, 0) is 63.5 Å². The van der Waals surface area contributed by atoms with E-state index in [-0.39, 0.29) is 11.9 Å². The maximum atomic E-state index is 14.5. The van der Waals surface area contributed by atoms with E-state index in [0.717, 1.165) is 19.6 Å². The van der Waals surface area contributed by atoms with Gasteiger partial charge in [0.1, 0.15) is 5.52 Å². The molecule has 31 heavy (non-hydrogen) atoms. The largest absolute Gasteiger partial charge is 0.488 e. The van der Waals surface area contributed by atoms with Gasteiger partial charge >= 0.3 is 0 Å². The standard InChI is InChI=1S/C24H32FN5O/c1-5-6-9-26-14-17(4)15-29-24-23-21(27-10-11-28-23)13-20(30-24)18-7-8-22(19(25)12-18)31-16(2)3/h7-8,10-13,16-17,26H,5-6,9,14-15H2,1-4H3,(H,29,30). The summed E-state index contributed by atoms with van der Waals surface area (Å²) in [7, 11) is 0. The Kier molecular flexibility index (Phi) is 8.12. The number of unbranched alkanes of at least 4 members (excludes halogenated alkanes) is 1. The number of ether oxygens (including phenoxy) is 1. The summed E-state index contributed by atoms with van der Waals surface area (Å²) in [6.45, 7) is 10.8. The third-order valence-electron chi connectivity index (χ3n) is 4.86. The van der Waals surface area contributed by atoms with Crippen LogP contribution in [0.5, 0.6) is 5.75 Å². The van der Waals surface area contributed by atoms with E-state index in [1.807, 2.05) is 26.0 Å². The molecule has 7 heteroatoms. The highest BCUT2D eigenvalue weighted by molar-refractivity contribution is 5.88. The number of anilines is 1. The van der Waals surface area contributed by atoms with Gasteiger partial charge in [0, 0.05) is 24.5 Å². The van der Waals surface area contributed by atoms with Crippen molar-refractivity contribution in [3.05, 3.63) is 42.5 Å². The highest BCUT2D eigenvalue weighted by atomic mass is 19.1. The maximum Gasteiger partial charge on any atom is 0.165 e. The molecule has 166 valence electrons. The fraction of sp³-hybridized carbons (Fsp3) is 0.458. The van der Waals surface area contributed by atoms with E-state index < -0.39 is 5.82 Å². The van der Waals surface area contributed by atoms with Gasteiger partial charge in [-0.1, -0.05) is 20.3 Å². The molecule has 2 heterocycles. The molecule has 1 unspecified atom stereocenters. The highest BCUT2D eigenvalue weighted by Crippen LogP contribution is 2.29. The van der Waals surface area contributed by atoms with Crippen molar-refractivity contribution in [2.45, 2.75) is 46.6 Å². The Morgan fingerprint density at radius 3 is 2.61 bits per heavy atom. The minimum absolute atomic E-state index is 0.0938. The molecule has 0 amide bonds. The number of pyridine rings is 1. The van der Waals surface area contributed by atoms with E-state index in [4.69, 9.17) is 9.72 Å². The van der Waals surface area contributed by atoms with E-state index in [1.54, 1.807) is 18.5 Å². The number of nitrogens with zero attached hydrogens (tertiary/aromatic N) is 3. The Hall–Kier alpha value is -2.80. The second-order valence-corrected chi connectivity index (χ2v) is 8.14. The lowest BCUT2D eigenvalue weighted by atomic mass is 10.1. The quantitative estimate of drug-likeness (QED) is 0.419. The molecule has 0 fully saturated rings. The average Bonchev–Trinajstić information content (AvgIpc) is 2.76. The lowest BCUT2D eigenvalue weighted by molar-refractivity contribution is 0.231. The SMILES string of the molecule is CCCCNCC(C)CNc1nc(-c2ccc(OC(C)C)c(F)c2)cc2nccnc12. The summed E-state index contributed by atoms with van der Waals surface area (Å²) in [5, 5.41) is 6.90. The third kappa shape index (κ3) is 6.34. The van der Waals surface area contributed by atoms with Crippen LogP contribution in [-0.2, 0) is 0 Å². The van der Waals surface area contributed by atoms with Gasteiger partial charge in [-0.2, -0.15) is 0 Å². The van der Waals surface area contributed by atoms with Crippen molar-refractivity contribution in [1.29, 1.82) is 0 Å². The number of benzene rings is 1. The van der Waals surface area contributed by atoms with Gasteiger partial charge in [-0.25, -0.2) is 14.4 Å². The van der Waals surface area contributed by atoms with Gasteiger partial charge in [0.2, 0.25) is 0 Å². The molecular formula is C24H32FN5O. The summed E-state index contributed by atoms with van der Waals surface area (Å²) < 4.78 is 20.0. The molecule has 3 rings (SSSR count). The molecule has 0 aliphatic rings. The smallest absolute Gasteiger partial charge is 0.165 e. The van der Waals surface area contributed by atoms with Crippen LogP contribution in [-0.4, -0.2) is 40.7 Å². The van der Waals surface area contributed by atoms with Crippen LogP contribution >= 0.6 is 0 Å². The minimum atomic E-state index is -0.409. The van der Waals surface area contributed by atoms with Crippen LogP contribution in [0.2, 0.25) is 0 Å². The van der Waals surface area contributed by atoms with Gasteiger partial charge < -0.3 is 15.4 Å². The van der Waals surface area contributed by atoms with Gasteiger partial charge in [0.25, 0.3) is 0 Å². The van der Waals surface area contributed by atoms with Crippen molar-refractivity contribution < 1.29 is 9.13 Å². The molecule has 0 aliphatic carbocycles. The minimum Gasteiger partial charge on any atom is -0.488 e. The number of hydrogen-bond acceptors (Lipinski definition) is 6. The first kappa shape index (κ1) is 22.9. The Labute approximate surface area is 183 Å². The van der Waals surface area contributed by atoms with Crippen LogP contribution in [0.1, 0.15) is 40.5 Å². The maximum absolute atomic E-state index is 14.5. The number of hydrogen-bond donors (Lipinski definition) is 2. The molecule has 0 radical (unpaired) electrons. The van der Waals surface area contributed by atoms with E-state index >= 15 is 0 Å². The van der Waals surface area contributed by atoms with Crippen LogP contribution in [0.3, 0.4) is 0 Å². The zero-order valence-electron chi connectivity index (χ0n) is 18.8. The highest BCUT2D eigenvalue weighted by Gasteiger charge is 2.13. The first-order valence-corrected chi connectivity index (χ1v) is 11.0. The van der Waals surface area contributed by atoms with E-state index in [9.17, 15) is 4.39 Å². The monoisotopic (exact) mass is 425 g/mol. The topological polar surface area (TPSA) is 72.0 Å². The fourth-order valence-electron chi connectivity index (χ4n) is 3.25. The first-order valence-electron chi connectivity index (χ1n) is 11.0. The summed E-state index contributed by atoms with van der Waals surface area (Å²) in [4.78, 5) is 13.6. The second kappa shape index (κ2) is 11.0. The summed E-state index contributed by atoms with van der Waals surface area (Å²) >= 11 is 0. The van der Waals surface area contributed by atoms with E-state index in [2.05, 4.69) is 34.4 Å². The molecule has 2 aromatic heterocycles. The van der Waals surface area contributed by atoms with E-state index in [0.29, 0.717) is 34.0 Å². The number of rotatable bonds is 11. The molecule has 1 atom stereocenters. The average molecular weight is 426 g/mol. The zero-order chi connectivity index (χ0) is 22.2. The molecule has 6 nitrogen and oxygen atoms in total. The molecule has 0 spiro atoms. The van der Waals surface area contributed by atoms with Crippen molar-refractivity contribution >= 4 is 16.9 Å². The Bertz CT molecular complexity index is 995. The molecule has 0 saturated carbocycles. The molecule has 0 saturated heterocycles. The second-order valence-electron chi connectivity index (χ2n) is 8.14. The summed E-state index contributed by atoms with van der Waals surface area (Å²) in [5.41, 5.74) is 2.72. The van der Waals surface area contributed by atoms with Crippen molar-refractivity contribution in [2.75, 3.05) is 25.0 Å². The number of fused-ring (bicyclic) bond motifs is 1. The van der Waals surface area contributed by atoms with Crippen LogP contribution < -0.4 is 15.4 Å². The van der Waals surface area contributed by atoms with Gasteiger partial charge in [-0.15, -0.1) is 0 Å². The number of halogens is 1. The normalized spacial score (nSPS) is 12.3. The fourth-order valence-corrected chi connectivity index (χ4v) is 3.25.